The molecule has 21 heavy (non-hydrogen) atoms. The molecule has 1 saturated heterocycles. The summed E-state index contributed by atoms with van der Waals surface area (Å²) in [5.74, 6) is 0.146. The van der Waals surface area contributed by atoms with Crippen LogP contribution in [0.25, 0.3) is 0 Å². The number of rotatable bonds is 5. The van der Waals surface area contributed by atoms with E-state index in [1.807, 2.05) is 11.8 Å². The van der Waals surface area contributed by atoms with Crippen molar-refractivity contribution in [3.63, 3.8) is 0 Å². The number of nitrogens with zero attached hydrogens (tertiary/aromatic N) is 1. The van der Waals surface area contributed by atoms with Crippen LogP contribution in [0.5, 0.6) is 0 Å². The van der Waals surface area contributed by atoms with Crippen LogP contribution in [0.2, 0.25) is 0 Å². The van der Waals surface area contributed by atoms with Crippen molar-refractivity contribution in [2.75, 3.05) is 26.8 Å². The fourth-order valence-corrected chi connectivity index (χ4v) is 3.00. The minimum Gasteiger partial charge on any atom is -0.385 e. The number of aryl methyl sites for hydroxylation is 1. The summed E-state index contributed by atoms with van der Waals surface area (Å²) in [5, 5.41) is 0. The largest absolute Gasteiger partial charge is 0.385 e. The molecule has 1 aromatic carbocycles. The maximum absolute atomic E-state index is 13.4. The molecule has 1 aromatic rings. The van der Waals surface area contributed by atoms with Crippen LogP contribution < -0.4 is 0 Å². The molecule has 0 spiro atoms. The van der Waals surface area contributed by atoms with E-state index in [-0.39, 0.29) is 11.7 Å². The van der Waals surface area contributed by atoms with Gasteiger partial charge in [-0.15, -0.1) is 0 Å². The molecule has 3 nitrogen and oxygen atoms in total. The fraction of sp³-hybridized carbons (Fsp3) is 0.588. The van der Waals surface area contributed by atoms with Crippen molar-refractivity contribution >= 4 is 5.91 Å². The molecule has 0 radical (unpaired) electrons. The lowest BCUT2D eigenvalue weighted by Gasteiger charge is -2.33. The van der Waals surface area contributed by atoms with Gasteiger partial charge in [-0.2, -0.15) is 0 Å². The molecule has 0 bridgehead atoms. The Hall–Kier alpha value is -1.42. The number of halogens is 1. The first-order valence-electron chi connectivity index (χ1n) is 7.66. The number of likely N-dealkylation sites (tertiary alicyclic amines) is 1. The Labute approximate surface area is 126 Å². The molecular weight excluding hydrogens is 269 g/mol. The number of ether oxygens (including phenoxy) is 1. The molecule has 1 heterocycles. The van der Waals surface area contributed by atoms with Gasteiger partial charge in [0.05, 0.1) is 0 Å². The quantitative estimate of drug-likeness (QED) is 0.779. The Bertz CT molecular complexity index is 490. The number of piperidine rings is 1. The highest BCUT2D eigenvalue weighted by Gasteiger charge is 2.25. The number of carbonyl (C=O) groups excluding carboxylic acids is 1. The zero-order chi connectivity index (χ0) is 15.2. The van der Waals surface area contributed by atoms with Gasteiger partial charge in [0.1, 0.15) is 5.82 Å². The number of hydrogen-bond acceptors (Lipinski definition) is 2. The number of methoxy groups -OCH3 is 1. The second-order valence-corrected chi connectivity index (χ2v) is 5.85. The van der Waals surface area contributed by atoms with E-state index in [1.165, 1.54) is 12.1 Å². The van der Waals surface area contributed by atoms with Gasteiger partial charge in [-0.1, -0.05) is 6.07 Å². The summed E-state index contributed by atoms with van der Waals surface area (Å²) in [6, 6.07) is 4.42. The average Bonchev–Trinajstić information content (AvgIpc) is 2.49. The van der Waals surface area contributed by atoms with E-state index in [1.54, 1.807) is 13.2 Å². The lowest BCUT2D eigenvalue weighted by Crippen LogP contribution is -2.40. The van der Waals surface area contributed by atoms with Gasteiger partial charge in [0.25, 0.3) is 5.91 Å². The van der Waals surface area contributed by atoms with E-state index in [9.17, 15) is 9.18 Å². The molecule has 2 rings (SSSR count). The highest BCUT2D eigenvalue weighted by Crippen LogP contribution is 2.23. The fourth-order valence-electron chi connectivity index (χ4n) is 3.00. The molecule has 0 saturated carbocycles. The molecule has 1 fully saturated rings. The monoisotopic (exact) mass is 293 g/mol. The highest BCUT2D eigenvalue weighted by atomic mass is 19.1. The summed E-state index contributed by atoms with van der Waals surface area (Å²) in [5.41, 5.74) is 1.33. The van der Waals surface area contributed by atoms with E-state index in [2.05, 4.69) is 0 Å². The van der Waals surface area contributed by atoms with Gasteiger partial charge in [-0.3, -0.25) is 4.79 Å². The van der Waals surface area contributed by atoms with Gasteiger partial charge in [-0.05, 0) is 56.2 Å². The minimum atomic E-state index is -0.349. The van der Waals surface area contributed by atoms with Crippen molar-refractivity contribution in [2.45, 2.75) is 32.6 Å². The van der Waals surface area contributed by atoms with E-state index in [4.69, 9.17) is 4.74 Å². The maximum atomic E-state index is 13.4. The predicted molar refractivity (Wildman–Crippen MR) is 80.9 cm³/mol. The van der Waals surface area contributed by atoms with Crippen molar-refractivity contribution in [1.29, 1.82) is 0 Å². The number of benzene rings is 1. The van der Waals surface area contributed by atoms with Gasteiger partial charge >= 0.3 is 0 Å². The van der Waals surface area contributed by atoms with Crippen molar-refractivity contribution in [2.24, 2.45) is 5.92 Å². The van der Waals surface area contributed by atoms with Crippen LogP contribution in [0.3, 0.4) is 0 Å². The Kier molecular flexibility index (Phi) is 5.74. The number of hydrogen-bond donors (Lipinski definition) is 0. The van der Waals surface area contributed by atoms with Crippen LogP contribution in [-0.4, -0.2) is 37.6 Å². The van der Waals surface area contributed by atoms with Crippen LogP contribution in [0, 0.1) is 18.7 Å². The van der Waals surface area contributed by atoms with Crippen LogP contribution >= 0.6 is 0 Å². The van der Waals surface area contributed by atoms with Crippen LogP contribution in [0.1, 0.15) is 41.6 Å². The Morgan fingerprint density at radius 1 is 1.48 bits per heavy atom. The van der Waals surface area contributed by atoms with E-state index in [0.717, 1.165) is 50.9 Å². The molecule has 0 aromatic heterocycles. The van der Waals surface area contributed by atoms with Crippen molar-refractivity contribution in [1.82, 2.24) is 4.90 Å². The number of carbonyl (C=O) groups is 1. The summed E-state index contributed by atoms with van der Waals surface area (Å²) >= 11 is 0. The first-order chi connectivity index (χ1) is 10.1. The standard InChI is InChI=1S/C17H24FNO2/c1-13-7-8-15(18)11-16(13)17(20)19-9-3-5-14(12-19)6-4-10-21-2/h7-8,11,14H,3-6,9-10,12H2,1-2H3/t14-/m0/s1. The third-order valence-corrected chi connectivity index (χ3v) is 4.20. The predicted octanol–water partition coefficient (Wildman–Crippen LogP) is 3.41. The van der Waals surface area contributed by atoms with Crippen molar-refractivity contribution < 1.29 is 13.9 Å². The zero-order valence-electron chi connectivity index (χ0n) is 12.9. The van der Waals surface area contributed by atoms with Gasteiger partial charge in [0.15, 0.2) is 0 Å². The third kappa shape index (κ3) is 4.27. The molecule has 4 heteroatoms. The summed E-state index contributed by atoms with van der Waals surface area (Å²) < 4.78 is 18.5. The summed E-state index contributed by atoms with van der Waals surface area (Å²) in [4.78, 5) is 14.5. The van der Waals surface area contributed by atoms with Gasteiger partial charge in [0, 0.05) is 32.4 Å². The molecule has 1 aliphatic rings. The molecule has 116 valence electrons. The van der Waals surface area contributed by atoms with Crippen molar-refractivity contribution in [3.8, 4) is 0 Å². The van der Waals surface area contributed by atoms with E-state index < -0.39 is 0 Å². The zero-order valence-corrected chi connectivity index (χ0v) is 12.9. The molecule has 0 N–H and O–H groups in total. The van der Waals surface area contributed by atoms with Crippen LogP contribution in [0.15, 0.2) is 18.2 Å². The summed E-state index contributed by atoms with van der Waals surface area (Å²) in [7, 11) is 1.71. The smallest absolute Gasteiger partial charge is 0.254 e. The molecule has 1 atom stereocenters. The molecule has 1 aliphatic heterocycles. The lowest BCUT2D eigenvalue weighted by molar-refractivity contribution is 0.0659. The topological polar surface area (TPSA) is 29.5 Å². The van der Waals surface area contributed by atoms with E-state index in [0.29, 0.717) is 11.5 Å². The molecule has 1 amide bonds. The van der Waals surface area contributed by atoms with E-state index >= 15 is 0 Å². The third-order valence-electron chi connectivity index (χ3n) is 4.20. The summed E-state index contributed by atoms with van der Waals surface area (Å²) in [6.07, 6.45) is 4.30. The Morgan fingerprint density at radius 3 is 3.05 bits per heavy atom. The van der Waals surface area contributed by atoms with Crippen molar-refractivity contribution in [3.05, 3.63) is 35.1 Å². The SMILES string of the molecule is COCCC[C@@H]1CCCN(C(=O)c2cc(F)ccc2C)C1. The van der Waals surface area contributed by atoms with Gasteiger partial charge in [-0.25, -0.2) is 4.39 Å². The highest BCUT2D eigenvalue weighted by molar-refractivity contribution is 5.95. The minimum absolute atomic E-state index is 0.0385. The Morgan fingerprint density at radius 2 is 2.29 bits per heavy atom. The Balaban J connectivity index is 2.00. The van der Waals surface area contributed by atoms with Crippen LogP contribution in [-0.2, 0) is 4.74 Å². The van der Waals surface area contributed by atoms with Crippen LogP contribution in [0.4, 0.5) is 4.39 Å². The number of amides is 1. The van der Waals surface area contributed by atoms with Gasteiger partial charge in [0.2, 0.25) is 0 Å². The molecule has 0 unspecified atom stereocenters. The molecule has 0 aliphatic carbocycles. The molecular formula is C17H24FNO2. The normalized spacial score (nSPS) is 18.8. The average molecular weight is 293 g/mol. The summed E-state index contributed by atoms with van der Waals surface area (Å²) in [6.45, 7) is 4.17. The first-order valence-corrected chi connectivity index (χ1v) is 7.66. The van der Waals surface area contributed by atoms with Gasteiger partial charge < -0.3 is 9.64 Å². The maximum Gasteiger partial charge on any atom is 0.254 e. The first kappa shape index (κ1) is 16.0. The lowest BCUT2D eigenvalue weighted by atomic mass is 9.93. The second kappa shape index (κ2) is 7.55. The second-order valence-electron chi connectivity index (χ2n) is 5.85.